The first kappa shape index (κ1) is 32.0. The predicted octanol–water partition coefficient (Wildman–Crippen LogP) is 10.6. The molecule has 0 unspecified atom stereocenters. The normalized spacial score (nSPS) is 16.9. The molecule has 3 rings (SSSR count). The van der Waals surface area contributed by atoms with E-state index in [9.17, 15) is 4.79 Å². The van der Waals surface area contributed by atoms with Crippen molar-refractivity contribution in [3.05, 3.63) is 54.1 Å². The molecule has 1 fully saturated rings. The number of benzene rings is 2. The number of carbonyl (C=O) groups is 1. The summed E-state index contributed by atoms with van der Waals surface area (Å²) in [5, 5.41) is 0. The van der Waals surface area contributed by atoms with Gasteiger partial charge in [0, 0.05) is 0 Å². The van der Waals surface area contributed by atoms with Crippen LogP contribution in [0, 0.1) is 11.8 Å². The molecule has 2 aromatic carbocycles. The molecule has 0 atom stereocenters. The van der Waals surface area contributed by atoms with Crippen molar-refractivity contribution in [2.75, 3.05) is 13.2 Å². The maximum atomic E-state index is 12.6. The van der Waals surface area contributed by atoms with Crippen molar-refractivity contribution in [1.82, 2.24) is 0 Å². The second kappa shape index (κ2) is 19.6. The second-order valence-electron chi connectivity index (χ2n) is 11.7. The Morgan fingerprint density at radius 3 is 1.62 bits per heavy atom. The van der Waals surface area contributed by atoms with E-state index >= 15 is 0 Å². The standard InChI is InChI=1S/C36H54O4/c1-3-5-6-7-8-9-10-11-12-28-38-33-22-20-32(21-23-33)36(37)40-35-26-24-34(25-27-35)39-29-13-15-31-18-16-30(14-4-2)17-19-31/h20-27,30-31H,3-19,28-29H2,1-2H3. The van der Waals surface area contributed by atoms with Crippen molar-refractivity contribution in [2.45, 2.75) is 123 Å². The summed E-state index contributed by atoms with van der Waals surface area (Å²) in [6.45, 7) is 6.01. The first-order valence-corrected chi connectivity index (χ1v) is 16.4. The van der Waals surface area contributed by atoms with E-state index in [4.69, 9.17) is 14.2 Å². The van der Waals surface area contributed by atoms with Gasteiger partial charge >= 0.3 is 5.97 Å². The minimum Gasteiger partial charge on any atom is -0.494 e. The number of carbonyl (C=O) groups excluding carboxylic acids is 1. The summed E-state index contributed by atoms with van der Waals surface area (Å²) in [4.78, 5) is 12.6. The van der Waals surface area contributed by atoms with Crippen molar-refractivity contribution in [3.63, 3.8) is 0 Å². The Morgan fingerprint density at radius 1 is 0.575 bits per heavy atom. The molecular weight excluding hydrogens is 496 g/mol. The molecule has 0 N–H and O–H groups in total. The van der Waals surface area contributed by atoms with E-state index in [1.54, 1.807) is 24.3 Å². The van der Waals surface area contributed by atoms with E-state index in [0.29, 0.717) is 17.9 Å². The van der Waals surface area contributed by atoms with Crippen molar-refractivity contribution in [3.8, 4) is 17.2 Å². The van der Waals surface area contributed by atoms with Crippen LogP contribution in [0.3, 0.4) is 0 Å². The first-order chi connectivity index (χ1) is 19.7. The minimum absolute atomic E-state index is 0.368. The molecular formula is C36H54O4. The molecule has 2 aromatic rings. The Balaban J connectivity index is 1.25. The number of hydrogen-bond acceptors (Lipinski definition) is 4. The summed E-state index contributed by atoms with van der Waals surface area (Å²) in [6, 6.07) is 14.6. The summed E-state index contributed by atoms with van der Waals surface area (Å²) in [5.41, 5.74) is 0.513. The molecule has 0 aromatic heterocycles. The zero-order chi connectivity index (χ0) is 28.3. The van der Waals surface area contributed by atoms with E-state index in [1.165, 1.54) is 96.3 Å². The number of unbranched alkanes of at least 4 members (excludes halogenated alkanes) is 8. The summed E-state index contributed by atoms with van der Waals surface area (Å²) >= 11 is 0. The van der Waals surface area contributed by atoms with Crippen LogP contribution in [0.25, 0.3) is 0 Å². The van der Waals surface area contributed by atoms with Crippen LogP contribution in [-0.2, 0) is 0 Å². The molecule has 0 saturated heterocycles. The van der Waals surface area contributed by atoms with Crippen LogP contribution < -0.4 is 14.2 Å². The van der Waals surface area contributed by atoms with Crippen LogP contribution >= 0.6 is 0 Å². The van der Waals surface area contributed by atoms with Gasteiger partial charge in [-0.1, -0.05) is 104 Å². The fraction of sp³-hybridized carbons (Fsp3) is 0.639. The highest BCUT2D eigenvalue weighted by atomic mass is 16.5. The molecule has 0 radical (unpaired) electrons. The van der Waals surface area contributed by atoms with Crippen LogP contribution in [0.5, 0.6) is 17.2 Å². The summed E-state index contributed by atoms with van der Waals surface area (Å²) in [7, 11) is 0. The molecule has 0 amide bonds. The van der Waals surface area contributed by atoms with Gasteiger partial charge in [-0.3, -0.25) is 0 Å². The van der Waals surface area contributed by atoms with E-state index < -0.39 is 0 Å². The van der Waals surface area contributed by atoms with Gasteiger partial charge in [0.05, 0.1) is 18.8 Å². The SMILES string of the molecule is CCCCCCCCCCCOc1ccc(C(=O)Oc2ccc(OCCCC3CCC(CCC)CC3)cc2)cc1. The fourth-order valence-corrected chi connectivity index (χ4v) is 5.84. The second-order valence-corrected chi connectivity index (χ2v) is 11.7. The third kappa shape index (κ3) is 12.8. The van der Waals surface area contributed by atoms with Gasteiger partial charge < -0.3 is 14.2 Å². The van der Waals surface area contributed by atoms with Crippen molar-refractivity contribution >= 4 is 5.97 Å². The molecule has 0 bridgehead atoms. The molecule has 4 heteroatoms. The smallest absolute Gasteiger partial charge is 0.343 e. The Bertz CT molecular complexity index is 913. The maximum absolute atomic E-state index is 12.6. The van der Waals surface area contributed by atoms with Crippen LogP contribution in [0.1, 0.15) is 133 Å². The van der Waals surface area contributed by atoms with E-state index in [1.807, 2.05) is 24.3 Å². The van der Waals surface area contributed by atoms with Gasteiger partial charge in [-0.05, 0) is 79.6 Å². The van der Waals surface area contributed by atoms with E-state index in [0.717, 1.165) is 42.8 Å². The highest BCUT2D eigenvalue weighted by Gasteiger charge is 2.20. The monoisotopic (exact) mass is 550 g/mol. The van der Waals surface area contributed by atoms with E-state index in [-0.39, 0.29) is 5.97 Å². The van der Waals surface area contributed by atoms with Crippen molar-refractivity contribution in [2.24, 2.45) is 11.8 Å². The van der Waals surface area contributed by atoms with Crippen LogP contribution in [0.15, 0.2) is 48.5 Å². The number of ether oxygens (including phenoxy) is 3. The van der Waals surface area contributed by atoms with Crippen LogP contribution in [0.2, 0.25) is 0 Å². The highest BCUT2D eigenvalue weighted by Crippen LogP contribution is 2.33. The summed E-state index contributed by atoms with van der Waals surface area (Å²) in [5.74, 6) is 3.61. The quantitative estimate of drug-likeness (QED) is 0.0934. The number of hydrogen-bond donors (Lipinski definition) is 0. The Hall–Kier alpha value is -2.49. The van der Waals surface area contributed by atoms with Crippen LogP contribution in [0.4, 0.5) is 0 Å². The van der Waals surface area contributed by atoms with Crippen molar-refractivity contribution in [1.29, 1.82) is 0 Å². The Labute approximate surface area is 244 Å². The zero-order valence-electron chi connectivity index (χ0n) is 25.3. The molecule has 1 aliphatic rings. The van der Waals surface area contributed by atoms with Gasteiger partial charge in [0.15, 0.2) is 0 Å². The molecule has 40 heavy (non-hydrogen) atoms. The maximum Gasteiger partial charge on any atom is 0.343 e. The van der Waals surface area contributed by atoms with Gasteiger partial charge in [-0.15, -0.1) is 0 Å². The molecule has 1 saturated carbocycles. The zero-order valence-corrected chi connectivity index (χ0v) is 25.3. The topological polar surface area (TPSA) is 44.8 Å². The van der Waals surface area contributed by atoms with Gasteiger partial charge in [-0.2, -0.15) is 0 Å². The number of esters is 1. The average Bonchev–Trinajstić information content (AvgIpc) is 2.98. The van der Waals surface area contributed by atoms with Gasteiger partial charge in [0.1, 0.15) is 17.2 Å². The third-order valence-electron chi connectivity index (χ3n) is 8.33. The largest absolute Gasteiger partial charge is 0.494 e. The highest BCUT2D eigenvalue weighted by molar-refractivity contribution is 5.91. The van der Waals surface area contributed by atoms with Crippen molar-refractivity contribution < 1.29 is 19.0 Å². The summed E-state index contributed by atoms with van der Waals surface area (Å²) in [6.07, 6.45) is 22.4. The Kier molecular flexibility index (Phi) is 15.7. The number of rotatable bonds is 20. The lowest BCUT2D eigenvalue weighted by molar-refractivity contribution is 0.0734. The first-order valence-electron chi connectivity index (χ1n) is 16.4. The molecule has 4 nitrogen and oxygen atoms in total. The molecule has 1 aliphatic carbocycles. The van der Waals surface area contributed by atoms with Gasteiger partial charge in [-0.25, -0.2) is 4.79 Å². The average molecular weight is 551 g/mol. The minimum atomic E-state index is -0.368. The lowest BCUT2D eigenvalue weighted by Gasteiger charge is -2.28. The third-order valence-corrected chi connectivity index (χ3v) is 8.33. The molecule has 0 aliphatic heterocycles. The van der Waals surface area contributed by atoms with Gasteiger partial charge in [0.25, 0.3) is 0 Å². The van der Waals surface area contributed by atoms with Crippen LogP contribution in [-0.4, -0.2) is 19.2 Å². The lowest BCUT2D eigenvalue weighted by Crippen LogP contribution is -2.15. The van der Waals surface area contributed by atoms with E-state index in [2.05, 4.69) is 13.8 Å². The lowest BCUT2D eigenvalue weighted by atomic mass is 9.78. The summed E-state index contributed by atoms with van der Waals surface area (Å²) < 4.78 is 17.3. The Morgan fingerprint density at radius 2 is 1.05 bits per heavy atom. The molecule has 0 spiro atoms. The van der Waals surface area contributed by atoms with Gasteiger partial charge in [0.2, 0.25) is 0 Å². The molecule has 222 valence electrons. The fourth-order valence-electron chi connectivity index (χ4n) is 5.84. The predicted molar refractivity (Wildman–Crippen MR) is 166 cm³/mol. The molecule has 0 heterocycles.